The number of carbonyl (C=O) groups excluding carboxylic acids is 1. The first kappa shape index (κ1) is 16.4. The molecule has 0 radical (unpaired) electrons. The summed E-state index contributed by atoms with van der Waals surface area (Å²) in [5, 5.41) is 4.30. The smallest absolute Gasteiger partial charge is 0.256 e. The first-order valence-corrected chi connectivity index (χ1v) is 8.13. The molecule has 0 saturated carbocycles. The van der Waals surface area contributed by atoms with Crippen LogP contribution in [0.2, 0.25) is 0 Å². The van der Waals surface area contributed by atoms with Crippen LogP contribution in [0.3, 0.4) is 0 Å². The molecule has 0 aliphatic heterocycles. The summed E-state index contributed by atoms with van der Waals surface area (Å²) in [6, 6.07) is 14.0. The largest absolute Gasteiger partial charge is 0.337 e. The van der Waals surface area contributed by atoms with Gasteiger partial charge >= 0.3 is 0 Å². The highest BCUT2D eigenvalue weighted by atomic mass is 79.9. The number of hydrogen-bond donors (Lipinski definition) is 0. The van der Waals surface area contributed by atoms with Gasteiger partial charge in [-0.15, -0.1) is 0 Å². The molecule has 1 amide bonds. The van der Waals surface area contributed by atoms with Gasteiger partial charge in [-0.1, -0.05) is 34.1 Å². The van der Waals surface area contributed by atoms with Crippen LogP contribution in [0.5, 0.6) is 0 Å². The van der Waals surface area contributed by atoms with Crippen LogP contribution in [0.15, 0.2) is 65.4 Å². The van der Waals surface area contributed by atoms with Crippen molar-refractivity contribution in [2.75, 3.05) is 7.05 Å². The second kappa shape index (κ2) is 6.97. The van der Waals surface area contributed by atoms with Gasteiger partial charge in [-0.25, -0.2) is 9.07 Å². The van der Waals surface area contributed by atoms with Crippen molar-refractivity contribution in [3.63, 3.8) is 0 Å². The molecule has 3 rings (SSSR count). The predicted octanol–water partition coefficient (Wildman–Crippen LogP) is 4.05. The highest BCUT2D eigenvalue weighted by molar-refractivity contribution is 9.10. The number of aromatic nitrogens is 2. The van der Waals surface area contributed by atoms with Gasteiger partial charge in [0.25, 0.3) is 5.91 Å². The molecule has 4 nitrogen and oxygen atoms in total. The molecule has 0 aliphatic carbocycles. The van der Waals surface area contributed by atoms with Crippen molar-refractivity contribution in [1.82, 2.24) is 14.7 Å². The van der Waals surface area contributed by atoms with Crippen LogP contribution in [-0.4, -0.2) is 27.6 Å². The van der Waals surface area contributed by atoms with Crippen molar-refractivity contribution in [2.45, 2.75) is 6.54 Å². The van der Waals surface area contributed by atoms with E-state index in [0.717, 1.165) is 11.3 Å². The summed E-state index contributed by atoms with van der Waals surface area (Å²) in [5.41, 5.74) is 1.85. The van der Waals surface area contributed by atoms with Crippen LogP contribution < -0.4 is 0 Å². The van der Waals surface area contributed by atoms with Crippen molar-refractivity contribution in [1.29, 1.82) is 0 Å². The number of hydrogen-bond acceptors (Lipinski definition) is 2. The van der Waals surface area contributed by atoms with Crippen LogP contribution >= 0.6 is 15.9 Å². The molecule has 1 heterocycles. The van der Waals surface area contributed by atoms with E-state index >= 15 is 0 Å². The minimum atomic E-state index is -0.532. The van der Waals surface area contributed by atoms with Crippen molar-refractivity contribution >= 4 is 21.8 Å². The second-order valence-electron chi connectivity index (χ2n) is 5.41. The second-order valence-corrected chi connectivity index (χ2v) is 6.33. The van der Waals surface area contributed by atoms with Gasteiger partial charge in [0.05, 0.1) is 17.4 Å². The van der Waals surface area contributed by atoms with Crippen molar-refractivity contribution in [3.05, 3.63) is 82.3 Å². The Balaban J connectivity index is 1.75. The first-order chi connectivity index (χ1) is 11.5. The Labute approximate surface area is 147 Å². The third kappa shape index (κ3) is 3.54. The summed E-state index contributed by atoms with van der Waals surface area (Å²) in [4.78, 5) is 13.9. The van der Waals surface area contributed by atoms with Gasteiger partial charge in [0.2, 0.25) is 0 Å². The van der Waals surface area contributed by atoms with Crippen LogP contribution in [0.1, 0.15) is 15.9 Å². The minimum Gasteiger partial charge on any atom is -0.337 e. The Hall–Kier alpha value is -2.47. The molecule has 0 unspecified atom stereocenters. The summed E-state index contributed by atoms with van der Waals surface area (Å²) in [6.07, 6.45) is 3.56. The maximum atomic E-state index is 13.9. The molecular weight excluding hydrogens is 373 g/mol. The highest BCUT2D eigenvalue weighted by Crippen LogP contribution is 2.18. The molecule has 0 saturated heterocycles. The summed E-state index contributed by atoms with van der Waals surface area (Å²) in [7, 11) is 1.64. The molecule has 122 valence electrons. The standard InChI is InChI=1S/C18H15BrFN3O/c1-22(18(24)16-9-14(19)7-8-17(16)20)11-13-10-21-23(12-13)15-5-3-2-4-6-15/h2-10,12H,11H2,1H3. The Morgan fingerprint density at radius 1 is 1.25 bits per heavy atom. The fourth-order valence-electron chi connectivity index (χ4n) is 2.38. The fourth-order valence-corrected chi connectivity index (χ4v) is 2.74. The number of halogens is 2. The van der Waals surface area contributed by atoms with E-state index in [4.69, 9.17) is 0 Å². The third-order valence-corrected chi connectivity index (χ3v) is 4.08. The minimum absolute atomic E-state index is 0.0438. The van der Waals surface area contributed by atoms with Crippen LogP contribution in [0.4, 0.5) is 4.39 Å². The Bertz CT molecular complexity index is 864. The van der Waals surface area contributed by atoms with Crippen LogP contribution in [0, 0.1) is 5.82 Å². The zero-order chi connectivity index (χ0) is 17.1. The average molecular weight is 388 g/mol. The van der Waals surface area contributed by atoms with Gasteiger partial charge < -0.3 is 4.90 Å². The summed E-state index contributed by atoms with van der Waals surface area (Å²) >= 11 is 3.26. The number of nitrogens with zero attached hydrogens (tertiary/aromatic N) is 3. The number of benzene rings is 2. The number of carbonyl (C=O) groups is 1. The van der Waals surface area contributed by atoms with Crippen molar-refractivity contribution in [3.8, 4) is 5.69 Å². The summed E-state index contributed by atoms with van der Waals surface area (Å²) in [6.45, 7) is 0.345. The topological polar surface area (TPSA) is 38.1 Å². The average Bonchev–Trinajstić information content (AvgIpc) is 3.05. The molecule has 0 spiro atoms. The lowest BCUT2D eigenvalue weighted by Gasteiger charge is -2.16. The molecule has 0 aliphatic rings. The SMILES string of the molecule is CN(Cc1cnn(-c2ccccc2)c1)C(=O)c1cc(Br)ccc1F. The van der Waals surface area contributed by atoms with Gasteiger partial charge in [-0.05, 0) is 30.3 Å². The van der Waals surface area contributed by atoms with E-state index in [-0.39, 0.29) is 11.5 Å². The lowest BCUT2D eigenvalue weighted by molar-refractivity contribution is 0.0780. The Kier molecular flexibility index (Phi) is 4.76. The maximum absolute atomic E-state index is 13.9. The lowest BCUT2D eigenvalue weighted by Crippen LogP contribution is -2.26. The van der Waals surface area contributed by atoms with E-state index in [9.17, 15) is 9.18 Å². The fraction of sp³-hybridized carbons (Fsp3) is 0.111. The van der Waals surface area contributed by atoms with Crippen LogP contribution in [-0.2, 0) is 6.54 Å². The monoisotopic (exact) mass is 387 g/mol. The molecule has 3 aromatic rings. The molecule has 2 aromatic carbocycles. The highest BCUT2D eigenvalue weighted by Gasteiger charge is 2.17. The van der Waals surface area contributed by atoms with Gasteiger partial charge in [0, 0.05) is 29.8 Å². The molecule has 0 N–H and O–H groups in total. The summed E-state index contributed by atoms with van der Waals surface area (Å²) in [5.74, 6) is -0.906. The normalized spacial score (nSPS) is 10.6. The van der Waals surface area contributed by atoms with E-state index in [1.54, 1.807) is 24.0 Å². The van der Waals surface area contributed by atoms with E-state index in [0.29, 0.717) is 11.0 Å². The molecule has 0 fully saturated rings. The van der Waals surface area contributed by atoms with Crippen molar-refractivity contribution < 1.29 is 9.18 Å². The predicted molar refractivity (Wildman–Crippen MR) is 93.5 cm³/mol. The van der Waals surface area contributed by atoms with Gasteiger partial charge in [-0.2, -0.15) is 5.10 Å². The molecule has 6 heteroatoms. The number of amides is 1. The Morgan fingerprint density at radius 3 is 2.75 bits per heavy atom. The molecule has 24 heavy (non-hydrogen) atoms. The molecular formula is C18H15BrFN3O. The zero-order valence-corrected chi connectivity index (χ0v) is 14.6. The lowest BCUT2D eigenvalue weighted by atomic mass is 10.2. The number of rotatable bonds is 4. The maximum Gasteiger partial charge on any atom is 0.256 e. The quantitative estimate of drug-likeness (QED) is 0.677. The zero-order valence-electron chi connectivity index (χ0n) is 13.0. The van der Waals surface area contributed by atoms with E-state index < -0.39 is 5.82 Å². The molecule has 1 aromatic heterocycles. The third-order valence-electron chi connectivity index (χ3n) is 3.58. The van der Waals surface area contributed by atoms with Gasteiger partial charge in [-0.3, -0.25) is 4.79 Å². The van der Waals surface area contributed by atoms with E-state index in [1.807, 2.05) is 36.5 Å². The van der Waals surface area contributed by atoms with Gasteiger partial charge in [0.15, 0.2) is 0 Å². The molecule has 0 atom stereocenters. The van der Waals surface area contributed by atoms with Crippen LogP contribution in [0.25, 0.3) is 5.69 Å². The van der Waals surface area contributed by atoms with E-state index in [1.165, 1.54) is 17.0 Å². The van der Waals surface area contributed by atoms with E-state index in [2.05, 4.69) is 21.0 Å². The summed E-state index contributed by atoms with van der Waals surface area (Å²) < 4.78 is 16.3. The first-order valence-electron chi connectivity index (χ1n) is 7.34. The number of para-hydroxylation sites is 1. The Morgan fingerprint density at radius 2 is 2.00 bits per heavy atom. The van der Waals surface area contributed by atoms with Crippen molar-refractivity contribution in [2.24, 2.45) is 0 Å². The molecule has 0 bridgehead atoms. The van der Waals surface area contributed by atoms with Gasteiger partial charge in [0.1, 0.15) is 5.82 Å².